The monoisotopic (exact) mass is 193 g/mol. The summed E-state index contributed by atoms with van der Waals surface area (Å²) in [5, 5.41) is 0. The highest BCUT2D eigenvalue weighted by molar-refractivity contribution is 5.88. The second-order valence-corrected chi connectivity index (χ2v) is 4.31. The molecule has 5 unspecified atom stereocenters. The first-order chi connectivity index (χ1) is 6.68. The molecule has 2 N–H and O–H groups in total. The van der Waals surface area contributed by atoms with E-state index in [-0.39, 0.29) is 23.7 Å². The number of amides is 1. The molecule has 0 aromatic heterocycles. The average Bonchev–Trinajstić information content (AvgIpc) is 2.75. The summed E-state index contributed by atoms with van der Waals surface area (Å²) in [4.78, 5) is 22.6. The summed E-state index contributed by atoms with van der Waals surface area (Å²) in [6.07, 6.45) is 4.45. The van der Waals surface area contributed by atoms with Gasteiger partial charge in [0.05, 0.1) is 5.92 Å². The molecule has 1 saturated carbocycles. The first-order valence-corrected chi connectivity index (χ1v) is 4.86. The van der Waals surface area contributed by atoms with Crippen molar-refractivity contribution in [1.82, 2.24) is 0 Å². The Bertz CT molecular complexity index is 349. The molecule has 1 heterocycles. The van der Waals surface area contributed by atoms with Crippen LogP contribution in [0.25, 0.3) is 0 Å². The quantitative estimate of drug-likeness (QED) is 0.464. The van der Waals surface area contributed by atoms with E-state index in [1.807, 2.05) is 0 Å². The van der Waals surface area contributed by atoms with E-state index >= 15 is 0 Å². The van der Waals surface area contributed by atoms with Gasteiger partial charge in [-0.2, -0.15) is 0 Å². The second kappa shape index (κ2) is 2.38. The van der Waals surface area contributed by atoms with Crippen LogP contribution >= 0.6 is 0 Å². The number of hydrogen-bond acceptors (Lipinski definition) is 3. The van der Waals surface area contributed by atoms with E-state index in [0.717, 1.165) is 6.42 Å². The van der Waals surface area contributed by atoms with Gasteiger partial charge >= 0.3 is 5.97 Å². The molecule has 2 aliphatic carbocycles. The largest absolute Gasteiger partial charge is 0.452 e. The van der Waals surface area contributed by atoms with Crippen molar-refractivity contribution in [3.05, 3.63) is 12.2 Å². The first kappa shape index (κ1) is 8.03. The van der Waals surface area contributed by atoms with Crippen LogP contribution in [0.4, 0.5) is 0 Å². The van der Waals surface area contributed by atoms with Gasteiger partial charge in [0.1, 0.15) is 0 Å². The van der Waals surface area contributed by atoms with Crippen molar-refractivity contribution < 1.29 is 14.3 Å². The molecule has 5 atom stereocenters. The smallest absolute Gasteiger partial charge is 0.310 e. The van der Waals surface area contributed by atoms with Crippen molar-refractivity contribution >= 4 is 11.9 Å². The zero-order chi connectivity index (χ0) is 9.87. The van der Waals surface area contributed by atoms with E-state index in [1.54, 1.807) is 0 Å². The summed E-state index contributed by atoms with van der Waals surface area (Å²) in [7, 11) is 0. The summed E-state index contributed by atoms with van der Waals surface area (Å²) in [6, 6.07) is 0. The Kier molecular flexibility index (Phi) is 1.36. The molecule has 4 nitrogen and oxygen atoms in total. The van der Waals surface area contributed by atoms with E-state index < -0.39 is 12.0 Å². The lowest BCUT2D eigenvalue weighted by molar-refractivity contribution is -0.150. The van der Waals surface area contributed by atoms with Crippen LogP contribution in [0.2, 0.25) is 0 Å². The van der Waals surface area contributed by atoms with Gasteiger partial charge in [-0.15, -0.1) is 0 Å². The van der Waals surface area contributed by atoms with Crippen LogP contribution in [0.15, 0.2) is 12.2 Å². The van der Waals surface area contributed by atoms with Gasteiger partial charge in [-0.25, -0.2) is 0 Å². The Morgan fingerprint density at radius 2 is 2.14 bits per heavy atom. The zero-order valence-electron chi connectivity index (χ0n) is 7.55. The molecule has 4 heteroatoms. The molecule has 2 bridgehead atoms. The predicted octanol–water partition coefficient (Wildman–Crippen LogP) is -0.165. The predicted molar refractivity (Wildman–Crippen MR) is 46.8 cm³/mol. The maximum absolute atomic E-state index is 11.5. The highest BCUT2D eigenvalue weighted by Crippen LogP contribution is 2.53. The van der Waals surface area contributed by atoms with Crippen LogP contribution in [0.3, 0.4) is 0 Å². The second-order valence-electron chi connectivity index (χ2n) is 4.31. The van der Waals surface area contributed by atoms with E-state index in [9.17, 15) is 9.59 Å². The van der Waals surface area contributed by atoms with Gasteiger partial charge in [0.25, 0.3) is 5.91 Å². The third-order valence-corrected chi connectivity index (χ3v) is 3.67. The van der Waals surface area contributed by atoms with Crippen LogP contribution in [0.5, 0.6) is 0 Å². The SMILES string of the molecule is NC(=O)C1OC(=O)C2C3C=CC(C3)C12. The number of carbonyl (C=O) groups is 2. The number of fused-ring (bicyclic) bond motifs is 5. The Balaban J connectivity index is 1.99. The van der Waals surface area contributed by atoms with Gasteiger partial charge in [0.15, 0.2) is 6.10 Å². The van der Waals surface area contributed by atoms with Gasteiger partial charge in [-0.3, -0.25) is 9.59 Å². The number of rotatable bonds is 1. The molecular formula is C10H11NO3. The molecular weight excluding hydrogens is 182 g/mol. The molecule has 2 fully saturated rings. The first-order valence-electron chi connectivity index (χ1n) is 4.86. The molecule has 0 radical (unpaired) electrons. The average molecular weight is 193 g/mol. The third-order valence-electron chi connectivity index (χ3n) is 3.67. The number of esters is 1. The van der Waals surface area contributed by atoms with Crippen LogP contribution < -0.4 is 5.73 Å². The summed E-state index contributed by atoms with van der Waals surface area (Å²) in [6.45, 7) is 0. The number of hydrogen-bond donors (Lipinski definition) is 1. The number of carbonyl (C=O) groups excluding carboxylic acids is 2. The third kappa shape index (κ3) is 0.786. The van der Waals surface area contributed by atoms with Crippen molar-refractivity contribution in [3.63, 3.8) is 0 Å². The van der Waals surface area contributed by atoms with Gasteiger partial charge in [0.2, 0.25) is 0 Å². The lowest BCUT2D eigenvalue weighted by atomic mass is 9.81. The number of nitrogens with two attached hydrogens (primary N) is 1. The lowest BCUT2D eigenvalue weighted by Gasteiger charge is -2.19. The molecule has 0 aromatic carbocycles. The van der Waals surface area contributed by atoms with Crippen LogP contribution in [0.1, 0.15) is 6.42 Å². The zero-order valence-corrected chi connectivity index (χ0v) is 7.55. The molecule has 0 aromatic rings. The summed E-state index contributed by atoms with van der Waals surface area (Å²) in [5.41, 5.74) is 5.21. The van der Waals surface area contributed by atoms with Crippen molar-refractivity contribution in [2.24, 2.45) is 29.4 Å². The Morgan fingerprint density at radius 1 is 1.43 bits per heavy atom. The minimum Gasteiger partial charge on any atom is -0.452 e. The standard InChI is InChI=1S/C10H11NO3/c11-9(12)8-6-4-1-2-5(3-4)7(6)10(13)14-8/h1-2,4-8H,3H2,(H2,11,12). The number of primary amides is 1. The van der Waals surface area contributed by atoms with Crippen molar-refractivity contribution in [3.8, 4) is 0 Å². The summed E-state index contributed by atoms with van der Waals surface area (Å²) < 4.78 is 5.02. The molecule has 1 saturated heterocycles. The highest BCUT2D eigenvalue weighted by Gasteiger charge is 2.59. The van der Waals surface area contributed by atoms with Crippen molar-refractivity contribution in [2.45, 2.75) is 12.5 Å². The fourth-order valence-corrected chi connectivity index (χ4v) is 3.14. The maximum atomic E-state index is 11.5. The fourth-order valence-electron chi connectivity index (χ4n) is 3.14. The molecule has 3 rings (SSSR count). The van der Waals surface area contributed by atoms with Crippen molar-refractivity contribution in [2.75, 3.05) is 0 Å². The van der Waals surface area contributed by atoms with E-state index in [1.165, 1.54) is 0 Å². The van der Waals surface area contributed by atoms with E-state index in [2.05, 4.69) is 12.2 Å². The van der Waals surface area contributed by atoms with Crippen LogP contribution in [-0.4, -0.2) is 18.0 Å². The molecule has 74 valence electrons. The van der Waals surface area contributed by atoms with Gasteiger partial charge < -0.3 is 10.5 Å². The van der Waals surface area contributed by atoms with E-state index in [4.69, 9.17) is 10.5 Å². The maximum Gasteiger partial charge on any atom is 0.310 e. The molecule has 3 aliphatic rings. The summed E-state index contributed by atoms with van der Waals surface area (Å²) in [5.74, 6) is -0.254. The minimum atomic E-state index is -0.688. The Morgan fingerprint density at radius 3 is 2.86 bits per heavy atom. The lowest BCUT2D eigenvalue weighted by Crippen LogP contribution is -2.36. The number of ether oxygens (including phenoxy) is 1. The van der Waals surface area contributed by atoms with Gasteiger partial charge in [-0.05, 0) is 18.3 Å². The number of cyclic esters (lactones) is 1. The molecule has 1 amide bonds. The molecule has 14 heavy (non-hydrogen) atoms. The fraction of sp³-hybridized carbons (Fsp3) is 0.600. The van der Waals surface area contributed by atoms with Crippen molar-refractivity contribution in [1.29, 1.82) is 0 Å². The molecule has 1 aliphatic heterocycles. The Labute approximate surface area is 81.1 Å². The molecule has 0 spiro atoms. The van der Waals surface area contributed by atoms with Gasteiger partial charge in [-0.1, -0.05) is 12.2 Å². The normalized spacial score (nSPS) is 48.0. The van der Waals surface area contributed by atoms with Crippen LogP contribution in [-0.2, 0) is 14.3 Å². The van der Waals surface area contributed by atoms with Gasteiger partial charge in [0, 0.05) is 5.92 Å². The minimum absolute atomic E-state index is 0.00926. The number of allylic oxidation sites excluding steroid dienone is 2. The topological polar surface area (TPSA) is 69.4 Å². The summed E-state index contributed by atoms with van der Waals surface area (Å²) >= 11 is 0. The Hall–Kier alpha value is -1.32. The van der Waals surface area contributed by atoms with E-state index in [0.29, 0.717) is 5.92 Å². The highest BCUT2D eigenvalue weighted by atomic mass is 16.6. The van der Waals surface area contributed by atoms with Crippen LogP contribution in [0, 0.1) is 23.7 Å².